The van der Waals surface area contributed by atoms with Crippen molar-refractivity contribution < 1.29 is 14.2 Å². The molecule has 1 unspecified atom stereocenters. The first-order valence-electron chi connectivity index (χ1n) is 6.57. The van der Waals surface area contributed by atoms with Crippen molar-refractivity contribution in [3.05, 3.63) is 29.8 Å². The van der Waals surface area contributed by atoms with Gasteiger partial charge in [0.25, 0.3) is 0 Å². The van der Waals surface area contributed by atoms with Crippen LogP contribution in [0.4, 0.5) is 0 Å². The average molecular weight is 331 g/mol. The summed E-state index contributed by atoms with van der Waals surface area (Å²) in [7, 11) is 1.68. The summed E-state index contributed by atoms with van der Waals surface area (Å²) in [5.41, 5.74) is 1.06. The lowest BCUT2D eigenvalue weighted by molar-refractivity contribution is 0.00688. The molecule has 0 fully saturated rings. The summed E-state index contributed by atoms with van der Waals surface area (Å²) in [5.74, 6) is 1.41. The molecule has 1 rings (SSSR count). The van der Waals surface area contributed by atoms with E-state index in [2.05, 4.69) is 29.8 Å². The van der Waals surface area contributed by atoms with Crippen LogP contribution in [0.1, 0.15) is 25.5 Å². The third-order valence-corrected chi connectivity index (χ3v) is 3.21. The highest BCUT2D eigenvalue weighted by molar-refractivity contribution is 9.09. The molecule has 1 aromatic rings. The van der Waals surface area contributed by atoms with E-state index in [4.69, 9.17) is 14.2 Å². The van der Waals surface area contributed by atoms with Crippen LogP contribution in [0.3, 0.4) is 0 Å². The lowest BCUT2D eigenvalue weighted by Gasteiger charge is -2.18. The molecule has 108 valence electrons. The zero-order chi connectivity index (χ0) is 14.1. The van der Waals surface area contributed by atoms with Gasteiger partial charge in [0.2, 0.25) is 0 Å². The highest BCUT2D eigenvalue weighted by Gasteiger charge is 2.14. The van der Waals surface area contributed by atoms with Crippen molar-refractivity contribution in [3.63, 3.8) is 0 Å². The van der Waals surface area contributed by atoms with Gasteiger partial charge >= 0.3 is 0 Å². The Bertz CT molecular complexity index is 355. The fraction of sp³-hybridized carbons (Fsp3) is 0.600. The number of rotatable bonds is 9. The topological polar surface area (TPSA) is 27.7 Å². The first kappa shape index (κ1) is 16.5. The second-order valence-electron chi connectivity index (χ2n) is 4.72. The van der Waals surface area contributed by atoms with Crippen LogP contribution >= 0.6 is 15.9 Å². The summed E-state index contributed by atoms with van der Waals surface area (Å²) in [6, 6.07) is 7.93. The zero-order valence-corrected chi connectivity index (χ0v) is 13.5. The maximum Gasteiger partial charge on any atom is 0.124 e. The summed E-state index contributed by atoms with van der Waals surface area (Å²) < 4.78 is 16.7. The van der Waals surface area contributed by atoms with Crippen molar-refractivity contribution in [1.82, 2.24) is 0 Å². The second-order valence-corrected chi connectivity index (χ2v) is 5.37. The molecule has 0 saturated heterocycles. The maximum absolute atomic E-state index is 5.85. The molecule has 0 aliphatic rings. The van der Waals surface area contributed by atoms with Gasteiger partial charge in [-0.15, -0.1) is 0 Å². The van der Waals surface area contributed by atoms with Crippen molar-refractivity contribution in [2.45, 2.75) is 20.0 Å². The largest absolute Gasteiger partial charge is 0.496 e. The Morgan fingerprint density at radius 1 is 1.16 bits per heavy atom. The monoisotopic (exact) mass is 330 g/mol. The second kappa shape index (κ2) is 9.34. The number of hydrogen-bond donors (Lipinski definition) is 0. The van der Waals surface area contributed by atoms with Gasteiger partial charge in [0.1, 0.15) is 5.75 Å². The molecule has 0 spiro atoms. The van der Waals surface area contributed by atoms with Crippen LogP contribution in [0, 0.1) is 5.92 Å². The van der Waals surface area contributed by atoms with Crippen molar-refractivity contribution in [3.8, 4) is 5.75 Å². The molecule has 19 heavy (non-hydrogen) atoms. The molecule has 0 aliphatic carbocycles. The Hall–Kier alpha value is -0.580. The van der Waals surface area contributed by atoms with Gasteiger partial charge in [-0.1, -0.05) is 48.0 Å². The zero-order valence-electron chi connectivity index (χ0n) is 11.9. The molecule has 1 atom stereocenters. The molecule has 0 amide bonds. The van der Waals surface area contributed by atoms with E-state index in [1.165, 1.54) is 0 Å². The Balaban J connectivity index is 2.44. The van der Waals surface area contributed by atoms with Crippen LogP contribution in [-0.2, 0) is 9.47 Å². The van der Waals surface area contributed by atoms with Crippen molar-refractivity contribution in [2.75, 3.05) is 32.3 Å². The molecule has 4 heteroatoms. The standard InChI is InChI=1S/C15H23BrO3/c1-12(2)11-18-8-9-19-15(10-16)13-6-4-5-7-14(13)17-3/h4-7,12,15H,8-11H2,1-3H3. The van der Waals surface area contributed by atoms with Gasteiger partial charge in [0.15, 0.2) is 0 Å². The van der Waals surface area contributed by atoms with Crippen LogP contribution in [0.25, 0.3) is 0 Å². The van der Waals surface area contributed by atoms with Gasteiger partial charge in [-0.2, -0.15) is 0 Å². The van der Waals surface area contributed by atoms with Crippen LogP contribution in [0.15, 0.2) is 24.3 Å². The third-order valence-electron chi connectivity index (χ3n) is 2.62. The highest BCUT2D eigenvalue weighted by Crippen LogP contribution is 2.28. The van der Waals surface area contributed by atoms with E-state index < -0.39 is 0 Å². The van der Waals surface area contributed by atoms with Crippen LogP contribution in [0.5, 0.6) is 5.75 Å². The molecule has 0 aliphatic heterocycles. The van der Waals surface area contributed by atoms with Gasteiger partial charge in [0.05, 0.1) is 26.4 Å². The number of hydrogen-bond acceptors (Lipinski definition) is 3. The molecular formula is C15H23BrO3. The average Bonchev–Trinajstić information content (AvgIpc) is 2.42. The van der Waals surface area contributed by atoms with Gasteiger partial charge < -0.3 is 14.2 Å². The quantitative estimate of drug-likeness (QED) is 0.509. The first-order chi connectivity index (χ1) is 9.19. The number of alkyl halides is 1. The fourth-order valence-electron chi connectivity index (χ4n) is 1.72. The first-order valence-corrected chi connectivity index (χ1v) is 7.69. The molecule has 0 N–H and O–H groups in total. The van der Waals surface area contributed by atoms with Gasteiger partial charge in [-0.3, -0.25) is 0 Å². The summed E-state index contributed by atoms with van der Waals surface area (Å²) >= 11 is 3.49. The van der Waals surface area contributed by atoms with Crippen LogP contribution in [0.2, 0.25) is 0 Å². The van der Waals surface area contributed by atoms with Crippen molar-refractivity contribution in [2.24, 2.45) is 5.92 Å². The molecule has 0 aromatic heterocycles. The Labute approximate surface area is 124 Å². The Morgan fingerprint density at radius 3 is 2.53 bits per heavy atom. The van der Waals surface area contributed by atoms with E-state index in [1.54, 1.807) is 7.11 Å². The SMILES string of the molecule is COc1ccccc1C(CBr)OCCOCC(C)C. The molecule has 0 radical (unpaired) electrons. The van der Waals surface area contributed by atoms with Crippen LogP contribution < -0.4 is 4.74 Å². The minimum Gasteiger partial charge on any atom is -0.496 e. The highest BCUT2D eigenvalue weighted by atomic mass is 79.9. The predicted octanol–water partition coefficient (Wildman–Crippen LogP) is 3.82. The van der Waals surface area contributed by atoms with E-state index in [1.807, 2.05) is 24.3 Å². The molecule has 0 heterocycles. The number of methoxy groups -OCH3 is 1. The number of para-hydroxylation sites is 1. The minimum atomic E-state index is -0.0150. The molecule has 0 saturated carbocycles. The van der Waals surface area contributed by atoms with E-state index in [0.717, 1.165) is 23.2 Å². The third kappa shape index (κ3) is 5.93. The number of benzene rings is 1. The molecular weight excluding hydrogens is 308 g/mol. The molecule has 0 bridgehead atoms. The molecule has 1 aromatic carbocycles. The van der Waals surface area contributed by atoms with E-state index in [9.17, 15) is 0 Å². The molecule has 3 nitrogen and oxygen atoms in total. The van der Waals surface area contributed by atoms with Crippen LogP contribution in [-0.4, -0.2) is 32.3 Å². The van der Waals surface area contributed by atoms with Crippen molar-refractivity contribution in [1.29, 1.82) is 0 Å². The number of ether oxygens (including phenoxy) is 3. The summed E-state index contributed by atoms with van der Waals surface area (Å²) in [6.07, 6.45) is -0.0150. The van der Waals surface area contributed by atoms with Gasteiger partial charge in [-0.25, -0.2) is 0 Å². The predicted molar refractivity (Wildman–Crippen MR) is 81.1 cm³/mol. The van der Waals surface area contributed by atoms with Gasteiger partial charge in [-0.05, 0) is 12.0 Å². The van der Waals surface area contributed by atoms with E-state index in [-0.39, 0.29) is 6.10 Å². The number of halogens is 1. The fourth-order valence-corrected chi connectivity index (χ4v) is 2.25. The summed E-state index contributed by atoms with van der Waals surface area (Å²) in [4.78, 5) is 0. The lowest BCUT2D eigenvalue weighted by atomic mass is 10.1. The lowest BCUT2D eigenvalue weighted by Crippen LogP contribution is -2.13. The van der Waals surface area contributed by atoms with Gasteiger partial charge in [0, 0.05) is 17.5 Å². The summed E-state index contributed by atoms with van der Waals surface area (Å²) in [5, 5.41) is 0.734. The summed E-state index contributed by atoms with van der Waals surface area (Å²) in [6.45, 7) is 6.25. The van der Waals surface area contributed by atoms with E-state index in [0.29, 0.717) is 19.1 Å². The Morgan fingerprint density at radius 2 is 1.89 bits per heavy atom. The maximum atomic E-state index is 5.85. The van der Waals surface area contributed by atoms with E-state index >= 15 is 0 Å². The normalized spacial score (nSPS) is 12.7. The minimum absolute atomic E-state index is 0.0150. The van der Waals surface area contributed by atoms with Crippen molar-refractivity contribution >= 4 is 15.9 Å². The smallest absolute Gasteiger partial charge is 0.124 e. The Kier molecular flexibility index (Phi) is 8.10.